The summed E-state index contributed by atoms with van der Waals surface area (Å²) < 4.78 is 5.98. The van der Waals surface area contributed by atoms with E-state index < -0.39 is 0 Å². The van der Waals surface area contributed by atoms with Crippen molar-refractivity contribution in [3.05, 3.63) is 52.0 Å². The molecule has 2 aromatic carbocycles. The van der Waals surface area contributed by atoms with Crippen LogP contribution in [0.2, 0.25) is 0 Å². The number of hydrogen-bond acceptors (Lipinski definition) is 3. The van der Waals surface area contributed by atoms with Crippen LogP contribution in [0.3, 0.4) is 0 Å². The third kappa shape index (κ3) is 2.88. The first-order valence-corrected chi connectivity index (χ1v) is 7.48. The molecule has 0 spiro atoms. The first-order chi connectivity index (χ1) is 10.2. The highest BCUT2D eigenvalue weighted by Gasteiger charge is 2.14. The van der Waals surface area contributed by atoms with Gasteiger partial charge in [0.25, 0.3) is 5.91 Å². The number of fused-ring (bicyclic) bond motifs is 1. The molecule has 1 aliphatic heterocycles. The lowest BCUT2D eigenvalue weighted by molar-refractivity contribution is 0.102. The topological polar surface area (TPSA) is 50.4 Å². The van der Waals surface area contributed by atoms with Gasteiger partial charge >= 0.3 is 0 Å². The molecule has 108 valence electrons. The highest BCUT2D eigenvalue weighted by molar-refractivity contribution is 9.10. The quantitative estimate of drug-likeness (QED) is 0.891. The highest BCUT2D eigenvalue weighted by atomic mass is 79.9. The Bertz CT molecular complexity index is 701. The molecule has 0 saturated heterocycles. The molecule has 2 N–H and O–H groups in total. The van der Waals surface area contributed by atoms with Crippen LogP contribution < -0.4 is 15.4 Å². The molecule has 5 heteroatoms. The van der Waals surface area contributed by atoms with E-state index in [0.717, 1.165) is 34.6 Å². The maximum atomic E-state index is 12.3. The Morgan fingerprint density at radius 1 is 1.29 bits per heavy atom. The fraction of sp³-hybridized carbons (Fsp3) is 0.188. The van der Waals surface area contributed by atoms with Crippen molar-refractivity contribution in [2.45, 2.75) is 6.42 Å². The molecule has 0 bridgehead atoms. The number of carbonyl (C=O) groups is 1. The first-order valence-electron chi connectivity index (χ1n) is 6.69. The predicted octanol–water partition coefficient (Wildman–Crippen LogP) is 3.68. The van der Waals surface area contributed by atoms with Crippen LogP contribution in [-0.2, 0) is 6.42 Å². The van der Waals surface area contributed by atoms with E-state index in [1.54, 1.807) is 7.11 Å². The van der Waals surface area contributed by atoms with Gasteiger partial charge in [-0.15, -0.1) is 0 Å². The SMILES string of the molecule is COc1ccc(NC(=O)c2ccc3c(c2)NCC3)cc1Br. The summed E-state index contributed by atoms with van der Waals surface area (Å²) in [5.41, 5.74) is 3.69. The van der Waals surface area contributed by atoms with Crippen molar-refractivity contribution in [3.63, 3.8) is 0 Å². The number of rotatable bonds is 3. The molecule has 0 fully saturated rings. The molecular weight excluding hydrogens is 332 g/mol. The summed E-state index contributed by atoms with van der Waals surface area (Å²) in [5, 5.41) is 6.17. The van der Waals surface area contributed by atoms with Crippen LogP contribution in [0.25, 0.3) is 0 Å². The zero-order chi connectivity index (χ0) is 14.8. The number of halogens is 1. The van der Waals surface area contributed by atoms with Crippen molar-refractivity contribution in [1.29, 1.82) is 0 Å². The third-order valence-electron chi connectivity index (χ3n) is 3.49. The van der Waals surface area contributed by atoms with Gasteiger partial charge < -0.3 is 15.4 Å². The van der Waals surface area contributed by atoms with Gasteiger partial charge in [0.15, 0.2) is 0 Å². The number of hydrogen-bond donors (Lipinski definition) is 2. The summed E-state index contributed by atoms with van der Waals surface area (Å²) in [6.45, 7) is 0.936. The Labute approximate surface area is 131 Å². The second-order valence-corrected chi connectivity index (χ2v) is 5.71. The van der Waals surface area contributed by atoms with Crippen LogP contribution in [0.15, 0.2) is 40.9 Å². The molecule has 1 heterocycles. The average Bonchev–Trinajstić information content (AvgIpc) is 2.94. The van der Waals surface area contributed by atoms with Crippen molar-refractivity contribution in [1.82, 2.24) is 0 Å². The van der Waals surface area contributed by atoms with Crippen molar-refractivity contribution >= 4 is 33.2 Å². The van der Waals surface area contributed by atoms with Gasteiger partial charge in [0.05, 0.1) is 11.6 Å². The monoisotopic (exact) mass is 346 g/mol. The van der Waals surface area contributed by atoms with Gasteiger partial charge in [0.2, 0.25) is 0 Å². The normalized spacial score (nSPS) is 12.5. The number of carbonyl (C=O) groups excluding carboxylic acids is 1. The van der Waals surface area contributed by atoms with Gasteiger partial charge in [-0.2, -0.15) is 0 Å². The molecular formula is C16H15BrN2O2. The fourth-order valence-electron chi connectivity index (χ4n) is 2.38. The summed E-state index contributed by atoms with van der Waals surface area (Å²) in [6, 6.07) is 11.2. The molecule has 0 saturated carbocycles. The standard InChI is InChI=1S/C16H15BrN2O2/c1-21-15-5-4-12(9-13(15)17)19-16(20)11-3-2-10-6-7-18-14(10)8-11/h2-5,8-9,18H,6-7H2,1H3,(H,19,20). The van der Waals surface area contributed by atoms with E-state index in [0.29, 0.717) is 5.56 Å². The van der Waals surface area contributed by atoms with Crippen LogP contribution in [0.4, 0.5) is 11.4 Å². The van der Waals surface area contributed by atoms with Gasteiger partial charge in [0, 0.05) is 23.5 Å². The molecule has 1 aliphatic rings. The Morgan fingerprint density at radius 3 is 2.90 bits per heavy atom. The highest BCUT2D eigenvalue weighted by Crippen LogP contribution is 2.28. The van der Waals surface area contributed by atoms with E-state index in [1.165, 1.54) is 5.56 Å². The van der Waals surface area contributed by atoms with E-state index in [1.807, 2.05) is 36.4 Å². The number of methoxy groups -OCH3 is 1. The number of anilines is 2. The minimum absolute atomic E-state index is 0.122. The molecule has 0 unspecified atom stereocenters. The minimum atomic E-state index is -0.122. The van der Waals surface area contributed by atoms with Crippen molar-refractivity contribution < 1.29 is 9.53 Å². The third-order valence-corrected chi connectivity index (χ3v) is 4.11. The molecule has 4 nitrogen and oxygen atoms in total. The number of ether oxygens (including phenoxy) is 1. The molecule has 0 aromatic heterocycles. The molecule has 0 radical (unpaired) electrons. The first kappa shape index (κ1) is 13.9. The fourth-order valence-corrected chi connectivity index (χ4v) is 2.92. The van der Waals surface area contributed by atoms with Crippen LogP contribution in [0, 0.1) is 0 Å². The molecule has 21 heavy (non-hydrogen) atoms. The largest absolute Gasteiger partial charge is 0.496 e. The van der Waals surface area contributed by atoms with E-state index >= 15 is 0 Å². The van der Waals surface area contributed by atoms with Crippen LogP contribution in [0.1, 0.15) is 15.9 Å². The lowest BCUT2D eigenvalue weighted by atomic mass is 10.1. The lowest BCUT2D eigenvalue weighted by Gasteiger charge is -2.09. The van der Waals surface area contributed by atoms with Crippen molar-refractivity contribution in [2.24, 2.45) is 0 Å². The van der Waals surface area contributed by atoms with Crippen molar-refractivity contribution in [2.75, 3.05) is 24.3 Å². The Morgan fingerprint density at radius 2 is 2.14 bits per heavy atom. The number of benzene rings is 2. The smallest absolute Gasteiger partial charge is 0.255 e. The summed E-state index contributed by atoms with van der Waals surface area (Å²) in [4.78, 5) is 12.3. The van der Waals surface area contributed by atoms with E-state index in [9.17, 15) is 4.79 Å². The summed E-state index contributed by atoms with van der Waals surface area (Å²) >= 11 is 3.41. The summed E-state index contributed by atoms with van der Waals surface area (Å²) in [7, 11) is 1.61. The maximum absolute atomic E-state index is 12.3. The van der Waals surface area contributed by atoms with Gasteiger partial charge in [0.1, 0.15) is 5.75 Å². The second kappa shape index (κ2) is 5.77. The number of nitrogens with one attached hydrogen (secondary N) is 2. The van der Waals surface area contributed by atoms with E-state index in [-0.39, 0.29) is 5.91 Å². The predicted molar refractivity (Wildman–Crippen MR) is 87.3 cm³/mol. The van der Waals surface area contributed by atoms with E-state index in [4.69, 9.17) is 4.74 Å². The Kier molecular flexibility index (Phi) is 3.84. The van der Waals surface area contributed by atoms with Gasteiger partial charge in [-0.1, -0.05) is 6.07 Å². The number of amides is 1. The van der Waals surface area contributed by atoms with Crippen LogP contribution in [0.5, 0.6) is 5.75 Å². The van der Waals surface area contributed by atoms with Gasteiger partial charge in [-0.25, -0.2) is 0 Å². The average molecular weight is 347 g/mol. The maximum Gasteiger partial charge on any atom is 0.255 e. The van der Waals surface area contributed by atoms with Crippen LogP contribution in [-0.4, -0.2) is 19.6 Å². The summed E-state index contributed by atoms with van der Waals surface area (Å²) in [5.74, 6) is 0.610. The van der Waals surface area contributed by atoms with Gasteiger partial charge in [-0.3, -0.25) is 4.79 Å². The zero-order valence-corrected chi connectivity index (χ0v) is 13.2. The lowest BCUT2D eigenvalue weighted by Crippen LogP contribution is -2.12. The summed E-state index contributed by atoms with van der Waals surface area (Å²) in [6.07, 6.45) is 1.02. The minimum Gasteiger partial charge on any atom is -0.496 e. The molecule has 3 rings (SSSR count). The van der Waals surface area contributed by atoms with E-state index in [2.05, 4.69) is 26.6 Å². The Balaban J connectivity index is 1.78. The molecule has 2 aromatic rings. The van der Waals surface area contributed by atoms with Crippen molar-refractivity contribution in [3.8, 4) is 5.75 Å². The van der Waals surface area contributed by atoms with Crippen LogP contribution >= 0.6 is 15.9 Å². The molecule has 0 atom stereocenters. The molecule has 0 aliphatic carbocycles. The zero-order valence-electron chi connectivity index (χ0n) is 11.6. The molecule has 1 amide bonds. The second-order valence-electron chi connectivity index (χ2n) is 4.85. The van der Waals surface area contributed by atoms with Gasteiger partial charge in [-0.05, 0) is 58.2 Å². The Hall–Kier alpha value is -2.01.